The number of ether oxygens (including phenoxy) is 1. The summed E-state index contributed by atoms with van der Waals surface area (Å²) in [7, 11) is 1.24. The van der Waals surface area contributed by atoms with Crippen molar-refractivity contribution < 1.29 is 19.9 Å². The molecule has 0 spiro atoms. The summed E-state index contributed by atoms with van der Waals surface area (Å²) in [6.45, 7) is -0.535. The lowest BCUT2D eigenvalue weighted by Crippen LogP contribution is -2.17. The Balaban J connectivity index is 3.58. The molecule has 1 aromatic carbocycles. The predicted octanol–water partition coefficient (Wildman–Crippen LogP) is 0.955. The van der Waals surface area contributed by atoms with Crippen molar-refractivity contribution in [2.24, 2.45) is 5.73 Å². The molecule has 94 valence electrons. The third-order valence-corrected chi connectivity index (χ3v) is 2.51. The van der Waals surface area contributed by atoms with Crippen LogP contribution >= 0.6 is 11.6 Å². The molecule has 7 nitrogen and oxygen atoms in total. The van der Waals surface area contributed by atoms with Crippen molar-refractivity contribution in [3.8, 4) is 11.5 Å². The van der Waals surface area contributed by atoms with E-state index in [4.69, 9.17) is 27.2 Å². The van der Waals surface area contributed by atoms with Crippen LogP contribution in [0.3, 0.4) is 0 Å². The van der Waals surface area contributed by atoms with Crippen LogP contribution in [0.2, 0.25) is 5.02 Å². The Morgan fingerprint density at radius 2 is 2.29 bits per heavy atom. The zero-order valence-corrected chi connectivity index (χ0v) is 9.64. The number of nitrogens with two attached hydrogens (primary N) is 1. The number of rotatable bonds is 4. The number of aliphatic hydroxyl groups excluding tert-OH is 1. The first-order valence-corrected chi connectivity index (χ1v) is 4.92. The SMILES string of the molecule is COc1cc(Cl)c([C@@H](N)CO)c([N+](=O)[O-])c1O. The minimum absolute atomic E-state index is 0.0482. The standard InChI is InChI=1S/C9H11ClN2O5/c1-17-6-2-4(10)7(5(11)3-13)8(9(6)14)12(15)16/h2,5,13-14H,3,11H2,1H3/t5-/m0/s1. The molecular formula is C9H11ClN2O5. The van der Waals surface area contributed by atoms with Gasteiger partial charge in [0.15, 0.2) is 5.75 Å². The van der Waals surface area contributed by atoms with Crippen LogP contribution in [0.15, 0.2) is 6.07 Å². The van der Waals surface area contributed by atoms with Crippen LogP contribution < -0.4 is 10.5 Å². The molecule has 0 aromatic heterocycles. The van der Waals surface area contributed by atoms with Gasteiger partial charge in [-0.15, -0.1) is 0 Å². The number of hydrogen-bond donors (Lipinski definition) is 3. The fourth-order valence-corrected chi connectivity index (χ4v) is 1.73. The zero-order chi connectivity index (χ0) is 13.2. The summed E-state index contributed by atoms with van der Waals surface area (Å²) < 4.78 is 4.74. The Bertz CT molecular complexity index is 452. The molecule has 0 heterocycles. The molecule has 1 aromatic rings. The van der Waals surface area contributed by atoms with E-state index in [1.807, 2.05) is 0 Å². The van der Waals surface area contributed by atoms with Gasteiger partial charge in [-0.05, 0) is 0 Å². The van der Waals surface area contributed by atoms with Crippen molar-refractivity contribution in [1.29, 1.82) is 0 Å². The normalized spacial score (nSPS) is 12.2. The number of nitrogens with zero attached hydrogens (tertiary/aromatic N) is 1. The van der Waals surface area contributed by atoms with Gasteiger partial charge in [0, 0.05) is 6.07 Å². The summed E-state index contributed by atoms with van der Waals surface area (Å²) in [5.74, 6) is -0.795. The van der Waals surface area contributed by atoms with E-state index in [0.717, 1.165) is 0 Å². The Morgan fingerprint density at radius 1 is 1.71 bits per heavy atom. The highest BCUT2D eigenvalue weighted by Crippen LogP contribution is 2.44. The number of aliphatic hydroxyl groups is 1. The monoisotopic (exact) mass is 262 g/mol. The fourth-order valence-electron chi connectivity index (χ4n) is 1.40. The number of benzene rings is 1. The molecule has 0 saturated carbocycles. The number of phenolic OH excluding ortho intramolecular Hbond substituents is 1. The largest absolute Gasteiger partial charge is 0.500 e. The van der Waals surface area contributed by atoms with Crippen molar-refractivity contribution in [1.82, 2.24) is 0 Å². The van der Waals surface area contributed by atoms with Gasteiger partial charge in [-0.1, -0.05) is 11.6 Å². The molecule has 1 atom stereocenters. The van der Waals surface area contributed by atoms with E-state index in [2.05, 4.69) is 0 Å². The summed E-state index contributed by atoms with van der Waals surface area (Å²) in [5, 5.41) is 29.4. The van der Waals surface area contributed by atoms with E-state index < -0.39 is 29.0 Å². The minimum Gasteiger partial charge on any atom is -0.500 e. The second-order valence-corrected chi connectivity index (χ2v) is 3.62. The molecule has 0 amide bonds. The van der Waals surface area contributed by atoms with Crippen molar-refractivity contribution in [2.75, 3.05) is 13.7 Å². The Labute approximate surface area is 102 Å². The van der Waals surface area contributed by atoms with Crippen LogP contribution in [0.25, 0.3) is 0 Å². The number of methoxy groups -OCH3 is 1. The number of nitro benzene ring substituents is 1. The summed E-state index contributed by atoms with van der Waals surface area (Å²) in [5.41, 5.74) is 4.72. The molecule has 0 bridgehead atoms. The van der Waals surface area contributed by atoms with E-state index in [-0.39, 0.29) is 16.3 Å². The second-order valence-electron chi connectivity index (χ2n) is 3.22. The molecule has 0 aliphatic heterocycles. The summed E-state index contributed by atoms with van der Waals surface area (Å²) >= 11 is 5.82. The molecule has 0 saturated heterocycles. The van der Waals surface area contributed by atoms with Crippen LogP contribution in [0.1, 0.15) is 11.6 Å². The van der Waals surface area contributed by atoms with Crippen molar-refractivity contribution in [3.05, 3.63) is 26.8 Å². The highest BCUT2D eigenvalue weighted by Gasteiger charge is 2.30. The molecule has 0 fully saturated rings. The average molecular weight is 263 g/mol. The van der Waals surface area contributed by atoms with Gasteiger partial charge in [-0.25, -0.2) is 0 Å². The highest BCUT2D eigenvalue weighted by atomic mass is 35.5. The van der Waals surface area contributed by atoms with Crippen molar-refractivity contribution >= 4 is 17.3 Å². The van der Waals surface area contributed by atoms with Gasteiger partial charge in [-0.3, -0.25) is 10.1 Å². The number of nitro groups is 1. The van der Waals surface area contributed by atoms with E-state index in [1.54, 1.807) is 0 Å². The van der Waals surface area contributed by atoms with Crippen LogP contribution in [0.4, 0.5) is 5.69 Å². The first kappa shape index (κ1) is 13.5. The highest BCUT2D eigenvalue weighted by molar-refractivity contribution is 6.32. The molecule has 1 rings (SSSR count). The Kier molecular flexibility index (Phi) is 4.11. The molecule has 0 aliphatic rings. The lowest BCUT2D eigenvalue weighted by atomic mass is 10.0. The van der Waals surface area contributed by atoms with Crippen LogP contribution in [-0.4, -0.2) is 28.9 Å². The van der Waals surface area contributed by atoms with Gasteiger partial charge in [0.05, 0.1) is 35.3 Å². The quantitative estimate of drug-likeness (QED) is 0.549. The van der Waals surface area contributed by atoms with E-state index in [1.165, 1.54) is 13.2 Å². The molecule has 0 aliphatic carbocycles. The van der Waals surface area contributed by atoms with Crippen molar-refractivity contribution in [3.63, 3.8) is 0 Å². The summed E-state index contributed by atoms with van der Waals surface area (Å²) in [4.78, 5) is 10.1. The van der Waals surface area contributed by atoms with Crippen LogP contribution in [0.5, 0.6) is 11.5 Å². The Hall–Kier alpha value is -1.57. The second kappa shape index (κ2) is 5.17. The number of aromatic hydroxyl groups is 1. The third-order valence-electron chi connectivity index (χ3n) is 2.20. The smallest absolute Gasteiger partial charge is 0.320 e. The molecule has 17 heavy (non-hydrogen) atoms. The van der Waals surface area contributed by atoms with Gasteiger partial charge in [0.2, 0.25) is 5.75 Å². The Morgan fingerprint density at radius 3 is 2.71 bits per heavy atom. The minimum atomic E-state index is -1.06. The van der Waals surface area contributed by atoms with Gasteiger partial charge >= 0.3 is 5.69 Å². The van der Waals surface area contributed by atoms with Gasteiger partial charge in [-0.2, -0.15) is 0 Å². The number of halogens is 1. The fraction of sp³-hybridized carbons (Fsp3) is 0.333. The summed E-state index contributed by atoms with van der Waals surface area (Å²) in [6.07, 6.45) is 0. The number of hydrogen-bond acceptors (Lipinski definition) is 6. The lowest BCUT2D eigenvalue weighted by molar-refractivity contribution is -0.386. The molecular weight excluding hydrogens is 252 g/mol. The van der Waals surface area contributed by atoms with E-state index >= 15 is 0 Å². The topological polar surface area (TPSA) is 119 Å². The number of phenols is 1. The molecule has 0 radical (unpaired) electrons. The maximum absolute atomic E-state index is 10.9. The predicted molar refractivity (Wildman–Crippen MR) is 60.3 cm³/mol. The zero-order valence-electron chi connectivity index (χ0n) is 8.88. The van der Waals surface area contributed by atoms with E-state index in [0.29, 0.717) is 0 Å². The lowest BCUT2D eigenvalue weighted by Gasteiger charge is -2.14. The molecule has 0 unspecified atom stereocenters. The maximum atomic E-state index is 10.9. The van der Waals surface area contributed by atoms with Gasteiger partial charge < -0.3 is 20.7 Å². The van der Waals surface area contributed by atoms with Crippen molar-refractivity contribution in [2.45, 2.75) is 6.04 Å². The van der Waals surface area contributed by atoms with Gasteiger partial charge in [0.1, 0.15) is 0 Å². The molecule has 4 N–H and O–H groups in total. The van der Waals surface area contributed by atoms with Crippen LogP contribution in [-0.2, 0) is 0 Å². The average Bonchev–Trinajstić information content (AvgIpc) is 2.29. The third kappa shape index (κ3) is 2.41. The van der Waals surface area contributed by atoms with Crippen LogP contribution in [0, 0.1) is 10.1 Å². The maximum Gasteiger partial charge on any atom is 0.320 e. The first-order chi connectivity index (χ1) is 7.93. The summed E-state index contributed by atoms with van der Waals surface area (Å²) in [6, 6.07) is 0.147. The first-order valence-electron chi connectivity index (χ1n) is 4.54. The molecule has 8 heteroatoms. The van der Waals surface area contributed by atoms with E-state index in [9.17, 15) is 15.2 Å². The van der Waals surface area contributed by atoms with Gasteiger partial charge in [0.25, 0.3) is 0 Å².